The largest absolute Gasteiger partial charge is 0.417 e. The lowest BCUT2D eigenvalue weighted by Gasteiger charge is -2.20. The first-order valence-corrected chi connectivity index (χ1v) is 12.7. The van der Waals surface area contributed by atoms with Gasteiger partial charge in [-0.2, -0.15) is 26.3 Å². The SMILES string of the molecule is Fc1cccc(-c2nc3cn[n+](C4(c5ccc(-c6ccc(C(F)(F)F)cc6C(F)(F)F)nn5)CCCC4)cc3[nH]2)c1F. The Balaban J connectivity index is 1.39. The summed E-state index contributed by atoms with van der Waals surface area (Å²) in [6, 6.07) is 7.89. The Bertz CT molecular complexity index is 1790. The average molecular weight is 591 g/mol. The second-order valence-electron chi connectivity index (χ2n) is 10.0. The molecule has 6 rings (SSSR count). The van der Waals surface area contributed by atoms with Crippen LogP contribution in [0.5, 0.6) is 0 Å². The Hall–Kier alpha value is -4.49. The predicted octanol–water partition coefficient (Wildman–Crippen LogP) is 7.00. The Morgan fingerprint density at radius 2 is 1.60 bits per heavy atom. The van der Waals surface area contributed by atoms with E-state index in [0.717, 1.165) is 25.0 Å². The number of hydrogen-bond donors (Lipinski definition) is 1. The number of halogens is 8. The van der Waals surface area contributed by atoms with Crippen molar-refractivity contribution in [1.29, 1.82) is 0 Å². The van der Waals surface area contributed by atoms with E-state index in [0.29, 0.717) is 35.6 Å². The molecule has 14 heteroatoms. The van der Waals surface area contributed by atoms with Gasteiger partial charge in [-0.05, 0) is 54.3 Å². The summed E-state index contributed by atoms with van der Waals surface area (Å²) in [6.07, 6.45) is -4.21. The number of alkyl halides is 6. The molecular formula is C28H19F8N6+. The molecule has 42 heavy (non-hydrogen) atoms. The van der Waals surface area contributed by atoms with Gasteiger partial charge >= 0.3 is 12.4 Å². The lowest BCUT2D eigenvalue weighted by Crippen LogP contribution is -2.58. The van der Waals surface area contributed by atoms with E-state index in [-0.39, 0.29) is 23.1 Å². The fourth-order valence-corrected chi connectivity index (χ4v) is 5.38. The van der Waals surface area contributed by atoms with Crippen molar-refractivity contribution in [1.82, 2.24) is 25.3 Å². The Morgan fingerprint density at radius 3 is 2.26 bits per heavy atom. The quantitative estimate of drug-likeness (QED) is 0.181. The number of aromatic nitrogens is 6. The van der Waals surface area contributed by atoms with E-state index in [9.17, 15) is 35.1 Å². The summed E-state index contributed by atoms with van der Waals surface area (Å²) in [7, 11) is 0. The van der Waals surface area contributed by atoms with Crippen LogP contribution in [0.2, 0.25) is 0 Å². The lowest BCUT2D eigenvalue weighted by molar-refractivity contribution is -0.804. The molecule has 5 aromatic rings. The van der Waals surface area contributed by atoms with E-state index in [1.165, 1.54) is 30.5 Å². The van der Waals surface area contributed by atoms with Gasteiger partial charge in [0.15, 0.2) is 11.6 Å². The second-order valence-corrected chi connectivity index (χ2v) is 10.0. The summed E-state index contributed by atoms with van der Waals surface area (Å²) >= 11 is 0. The molecule has 3 heterocycles. The molecule has 3 aromatic heterocycles. The first kappa shape index (κ1) is 27.7. The van der Waals surface area contributed by atoms with Crippen LogP contribution < -0.4 is 4.68 Å². The minimum Gasteiger partial charge on any atom is -0.333 e. The van der Waals surface area contributed by atoms with Gasteiger partial charge in [-0.3, -0.25) is 0 Å². The molecular weight excluding hydrogens is 572 g/mol. The van der Waals surface area contributed by atoms with E-state index >= 15 is 0 Å². The van der Waals surface area contributed by atoms with E-state index < -0.39 is 46.2 Å². The highest BCUT2D eigenvalue weighted by atomic mass is 19.4. The summed E-state index contributed by atoms with van der Waals surface area (Å²) in [5.41, 5.74) is -3.29. The molecule has 1 saturated carbocycles. The van der Waals surface area contributed by atoms with Gasteiger partial charge in [-0.1, -0.05) is 16.8 Å². The van der Waals surface area contributed by atoms with Crippen LogP contribution in [0, 0.1) is 11.6 Å². The number of hydrogen-bond acceptors (Lipinski definition) is 4. The van der Waals surface area contributed by atoms with Gasteiger partial charge in [0.05, 0.1) is 22.4 Å². The van der Waals surface area contributed by atoms with Crippen LogP contribution in [0.3, 0.4) is 0 Å². The Kier molecular flexibility index (Phi) is 6.46. The minimum absolute atomic E-state index is 0.0590. The maximum atomic E-state index is 14.4. The highest BCUT2D eigenvalue weighted by molar-refractivity contribution is 5.77. The molecule has 6 nitrogen and oxygen atoms in total. The van der Waals surface area contributed by atoms with E-state index in [2.05, 4.69) is 25.3 Å². The van der Waals surface area contributed by atoms with Gasteiger partial charge in [0.2, 0.25) is 11.7 Å². The zero-order valence-electron chi connectivity index (χ0n) is 21.4. The topological polar surface area (TPSA) is 71.2 Å². The van der Waals surface area contributed by atoms with Gasteiger partial charge in [0.25, 0.3) is 0 Å². The standard InChI is InChI=1S/C28H18F8N6/c29-19-5-3-4-17(24(19)30)25-38-21-13-37-42(14-22(21)39-25)26(10-1-2-11-26)23-9-8-20(40-41-23)16-7-6-15(27(31,32)33)12-18(16)28(34,35)36/h3-9,12-14H,1-2,10-11H2/p+1. The van der Waals surface area contributed by atoms with Crippen molar-refractivity contribution in [3.63, 3.8) is 0 Å². The molecule has 2 aromatic carbocycles. The predicted molar refractivity (Wildman–Crippen MR) is 132 cm³/mol. The summed E-state index contributed by atoms with van der Waals surface area (Å²) < 4.78 is 110. The highest BCUT2D eigenvalue weighted by Crippen LogP contribution is 2.41. The molecule has 216 valence electrons. The molecule has 0 bridgehead atoms. The van der Waals surface area contributed by atoms with Gasteiger partial charge in [-0.25, -0.2) is 13.8 Å². The summed E-state index contributed by atoms with van der Waals surface area (Å²) in [4.78, 5) is 7.29. The van der Waals surface area contributed by atoms with Crippen molar-refractivity contribution in [3.05, 3.63) is 89.4 Å². The van der Waals surface area contributed by atoms with E-state index in [1.54, 1.807) is 10.9 Å². The van der Waals surface area contributed by atoms with Crippen LogP contribution >= 0.6 is 0 Å². The van der Waals surface area contributed by atoms with E-state index in [4.69, 9.17) is 0 Å². The van der Waals surface area contributed by atoms with Crippen molar-refractivity contribution in [2.75, 3.05) is 0 Å². The number of nitrogens with zero attached hydrogens (tertiary/aromatic N) is 5. The highest BCUT2D eigenvalue weighted by Gasteiger charge is 2.48. The number of benzene rings is 2. The molecule has 0 unspecified atom stereocenters. The van der Waals surface area contributed by atoms with Crippen molar-refractivity contribution in [2.45, 2.75) is 43.6 Å². The van der Waals surface area contributed by atoms with Crippen molar-refractivity contribution in [3.8, 4) is 22.6 Å². The number of nitrogens with one attached hydrogen (secondary N) is 1. The molecule has 0 atom stereocenters. The van der Waals surface area contributed by atoms with Crippen LogP contribution in [-0.4, -0.2) is 25.3 Å². The third kappa shape index (κ3) is 4.73. The summed E-state index contributed by atoms with van der Waals surface area (Å²) in [6.45, 7) is 0. The zero-order chi connectivity index (χ0) is 29.9. The van der Waals surface area contributed by atoms with Gasteiger partial charge in [-0.15, -0.1) is 10.2 Å². The number of fused-ring (bicyclic) bond motifs is 1. The van der Waals surface area contributed by atoms with Crippen LogP contribution in [0.4, 0.5) is 35.1 Å². The normalized spacial score (nSPS) is 15.4. The van der Waals surface area contributed by atoms with Gasteiger partial charge < -0.3 is 4.98 Å². The fourth-order valence-electron chi connectivity index (χ4n) is 5.38. The molecule has 1 N–H and O–H groups in total. The maximum Gasteiger partial charge on any atom is 0.417 e. The average Bonchev–Trinajstić information content (AvgIpc) is 3.61. The monoisotopic (exact) mass is 591 g/mol. The Labute approximate surface area is 232 Å². The van der Waals surface area contributed by atoms with E-state index in [1.807, 2.05) is 0 Å². The number of H-pyrrole nitrogens is 1. The van der Waals surface area contributed by atoms with Crippen molar-refractivity contribution >= 4 is 11.0 Å². The number of rotatable bonds is 4. The molecule has 0 spiro atoms. The van der Waals surface area contributed by atoms with Crippen LogP contribution in [0.15, 0.2) is 60.9 Å². The summed E-state index contributed by atoms with van der Waals surface area (Å²) in [5.74, 6) is -1.98. The van der Waals surface area contributed by atoms with Crippen molar-refractivity contribution < 1.29 is 39.8 Å². The third-order valence-corrected chi connectivity index (χ3v) is 7.46. The first-order chi connectivity index (χ1) is 19.9. The molecule has 0 radical (unpaired) electrons. The summed E-state index contributed by atoms with van der Waals surface area (Å²) in [5, 5.41) is 12.7. The molecule has 0 saturated heterocycles. The zero-order valence-corrected chi connectivity index (χ0v) is 21.4. The smallest absolute Gasteiger partial charge is 0.333 e. The molecule has 1 aliphatic rings. The second kappa shape index (κ2) is 9.81. The molecule has 1 fully saturated rings. The van der Waals surface area contributed by atoms with Crippen LogP contribution in [-0.2, 0) is 17.9 Å². The Morgan fingerprint density at radius 1 is 0.833 bits per heavy atom. The molecule has 0 aliphatic heterocycles. The third-order valence-electron chi connectivity index (χ3n) is 7.46. The maximum absolute atomic E-state index is 14.4. The van der Waals surface area contributed by atoms with Crippen molar-refractivity contribution in [2.24, 2.45) is 0 Å². The fraction of sp³-hybridized carbons (Fsp3) is 0.250. The molecule has 1 aliphatic carbocycles. The number of imidazole rings is 1. The van der Waals surface area contributed by atoms with Crippen LogP contribution in [0.1, 0.15) is 42.5 Å². The lowest BCUT2D eigenvalue weighted by atomic mass is 9.92. The first-order valence-electron chi connectivity index (χ1n) is 12.7. The van der Waals surface area contributed by atoms with Gasteiger partial charge in [0, 0.05) is 18.4 Å². The number of aromatic amines is 1. The molecule has 0 amide bonds. The minimum atomic E-state index is -5.06. The van der Waals surface area contributed by atoms with Gasteiger partial charge in [0.1, 0.15) is 28.7 Å². The van der Waals surface area contributed by atoms with Crippen LogP contribution in [0.25, 0.3) is 33.7 Å².